The molecule has 2 amide bonds. The van der Waals surface area contributed by atoms with Gasteiger partial charge in [-0.05, 0) is 48.0 Å². The van der Waals surface area contributed by atoms with Gasteiger partial charge in [0.25, 0.3) is 5.91 Å². The van der Waals surface area contributed by atoms with E-state index in [-0.39, 0.29) is 24.0 Å². The van der Waals surface area contributed by atoms with E-state index in [0.29, 0.717) is 16.8 Å². The van der Waals surface area contributed by atoms with E-state index >= 15 is 0 Å². The normalized spacial score (nSPS) is 10.5. The van der Waals surface area contributed by atoms with Crippen molar-refractivity contribution < 1.29 is 14.4 Å². The van der Waals surface area contributed by atoms with Crippen LogP contribution in [-0.4, -0.2) is 17.6 Å². The lowest BCUT2D eigenvalue weighted by atomic mass is 10.0. The number of ketones is 1. The Morgan fingerprint density at radius 2 is 1.50 bits per heavy atom. The summed E-state index contributed by atoms with van der Waals surface area (Å²) in [6.07, 6.45) is 0.199. The maximum atomic E-state index is 13.2. The number of amides is 2. The number of hydrogen-bond donors (Lipinski definition) is 0. The van der Waals surface area contributed by atoms with E-state index in [9.17, 15) is 14.4 Å². The van der Waals surface area contributed by atoms with Gasteiger partial charge in [0.1, 0.15) is 0 Å². The summed E-state index contributed by atoms with van der Waals surface area (Å²) in [5, 5.41) is 1.74. The fourth-order valence-electron chi connectivity index (χ4n) is 2.91. The lowest BCUT2D eigenvalue weighted by molar-refractivity contribution is -0.117. The van der Waals surface area contributed by atoms with E-state index in [1.54, 1.807) is 37.3 Å². The molecule has 0 saturated carbocycles. The third kappa shape index (κ3) is 3.26. The highest BCUT2D eigenvalue weighted by molar-refractivity contribution is 6.24. The van der Waals surface area contributed by atoms with Crippen molar-refractivity contribution in [2.45, 2.75) is 20.3 Å². The third-order valence-corrected chi connectivity index (χ3v) is 4.31. The van der Waals surface area contributed by atoms with Gasteiger partial charge in [-0.3, -0.25) is 14.4 Å². The van der Waals surface area contributed by atoms with Crippen LogP contribution >= 0.6 is 0 Å². The Morgan fingerprint density at radius 1 is 0.846 bits per heavy atom. The molecule has 0 fully saturated rings. The number of carbonyl (C=O) groups is 3. The number of Topliss-reactive ketones (excluding diaryl/α,β-unsaturated/α-hetero) is 1. The lowest BCUT2D eigenvalue weighted by Crippen LogP contribution is -2.36. The van der Waals surface area contributed by atoms with E-state index in [4.69, 9.17) is 0 Å². The minimum Gasteiger partial charge on any atom is -0.295 e. The average molecular weight is 345 g/mol. The monoisotopic (exact) mass is 345 g/mol. The number of nitrogens with zero attached hydrogens (tertiary/aromatic N) is 1. The highest BCUT2D eigenvalue weighted by Gasteiger charge is 2.24. The molecule has 0 N–H and O–H groups in total. The second-order valence-electron chi connectivity index (χ2n) is 6.02. The first-order valence-corrected chi connectivity index (χ1v) is 8.49. The topological polar surface area (TPSA) is 54.5 Å². The number of benzene rings is 3. The summed E-state index contributed by atoms with van der Waals surface area (Å²) in [6, 6.07) is 19.6. The number of rotatable bonds is 4. The average Bonchev–Trinajstić information content (AvgIpc) is 2.67. The Labute approximate surface area is 152 Å². The SMILES string of the molecule is CCC(=O)N(C(=O)c1cccc2ccccc12)c1ccc(C(C)=O)cc1. The van der Waals surface area contributed by atoms with Gasteiger partial charge in [-0.15, -0.1) is 0 Å². The summed E-state index contributed by atoms with van der Waals surface area (Å²) >= 11 is 0. The van der Waals surface area contributed by atoms with Crippen molar-refractivity contribution in [3.8, 4) is 0 Å². The summed E-state index contributed by atoms with van der Waals surface area (Å²) in [6.45, 7) is 3.20. The zero-order valence-electron chi connectivity index (χ0n) is 14.7. The van der Waals surface area contributed by atoms with E-state index in [2.05, 4.69) is 0 Å². The van der Waals surface area contributed by atoms with Crippen LogP contribution in [0.2, 0.25) is 0 Å². The van der Waals surface area contributed by atoms with Crippen molar-refractivity contribution in [1.29, 1.82) is 0 Å². The second kappa shape index (κ2) is 7.31. The maximum Gasteiger partial charge on any atom is 0.265 e. The number of carbonyl (C=O) groups excluding carboxylic acids is 3. The molecule has 26 heavy (non-hydrogen) atoms. The minimum absolute atomic E-state index is 0.0645. The molecule has 130 valence electrons. The van der Waals surface area contributed by atoms with Crippen molar-refractivity contribution in [1.82, 2.24) is 0 Å². The fourth-order valence-corrected chi connectivity index (χ4v) is 2.91. The highest BCUT2D eigenvalue weighted by Crippen LogP contribution is 2.24. The Kier molecular flexibility index (Phi) is 4.94. The van der Waals surface area contributed by atoms with Gasteiger partial charge in [0, 0.05) is 17.5 Å². The summed E-state index contributed by atoms with van der Waals surface area (Å²) in [7, 11) is 0. The van der Waals surface area contributed by atoms with Gasteiger partial charge < -0.3 is 0 Å². The molecule has 3 rings (SSSR count). The number of anilines is 1. The minimum atomic E-state index is -0.371. The zero-order chi connectivity index (χ0) is 18.7. The summed E-state index contributed by atoms with van der Waals surface area (Å²) in [5.74, 6) is -0.729. The molecule has 0 radical (unpaired) electrons. The van der Waals surface area contributed by atoms with Gasteiger partial charge in [-0.2, -0.15) is 0 Å². The van der Waals surface area contributed by atoms with Crippen LogP contribution in [0.25, 0.3) is 10.8 Å². The van der Waals surface area contributed by atoms with Crippen LogP contribution in [0.4, 0.5) is 5.69 Å². The van der Waals surface area contributed by atoms with E-state index < -0.39 is 0 Å². The van der Waals surface area contributed by atoms with Crippen molar-refractivity contribution in [2.24, 2.45) is 0 Å². The van der Waals surface area contributed by atoms with Crippen LogP contribution in [0.5, 0.6) is 0 Å². The summed E-state index contributed by atoms with van der Waals surface area (Å²) in [4.78, 5) is 38.4. The van der Waals surface area contributed by atoms with Gasteiger partial charge in [-0.25, -0.2) is 4.90 Å². The number of hydrogen-bond acceptors (Lipinski definition) is 3. The molecule has 0 saturated heterocycles. The molecule has 0 aromatic heterocycles. The molecule has 0 spiro atoms. The first kappa shape index (κ1) is 17.5. The smallest absolute Gasteiger partial charge is 0.265 e. The van der Waals surface area contributed by atoms with Crippen molar-refractivity contribution in [2.75, 3.05) is 4.90 Å². The van der Waals surface area contributed by atoms with Crippen LogP contribution in [0.1, 0.15) is 41.0 Å². The predicted octanol–water partition coefficient (Wildman–Crippen LogP) is 4.63. The molecular weight excluding hydrogens is 326 g/mol. The Hall–Kier alpha value is -3.27. The molecule has 0 atom stereocenters. The van der Waals surface area contributed by atoms with Gasteiger partial charge in [0.15, 0.2) is 5.78 Å². The Balaban J connectivity index is 2.09. The molecule has 0 aliphatic heterocycles. The first-order valence-electron chi connectivity index (χ1n) is 8.49. The van der Waals surface area contributed by atoms with Gasteiger partial charge >= 0.3 is 0 Å². The molecule has 0 aliphatic rings. The van der Waals surface area contributed by atoms with Crippen LogP contribution in [0.3, 0.4) is 0 Å². The summed E-state index contributed by atoms with van der Waals surface area (Å²) < 4.78 is 0. The summed E-state index contributed by atoms with van der Waals surface area (Å²) in [5.41, 5.74) is 1.47. The zero-order valence-corrected chi connectivity index (χ0v) is 14.7. The molecule has 4 heteroatoms. The fraction of sp³-hybridized carbons (Fsp3) is 0.136. The van der Waals surface area contributed by atoms with E-state index in [0.717, 1.165) is 10.8 Å². The van der Waals surface area contributed by atoms with E-state index in [1.165, 1.54) is 11.8 Å². The third-order valence-electron chi connectivity index (χ3n) is 4.31. The molecule has 4 nitrogen and oxygen atoms in total. The largest absolute Gasteiger partial charge is 0.295 e. The van der Waals surface area contributed by atoms with Crippen LogP contribution in [0.15, 0.2) is 66.7 Å². The molecule has 0 aliphatic carbocycles. The van der Waals surface area contributed by atoms with Crippen LogP contribution in [0, 0.1) is 0 Å². The molecule has 0 unspecified atom stereocenters. The van der Waals surface area contributed by atoms with Crippen LogP contribution in [-0.2, 0) is 4.79 Å². The van der Waals surface area contributed by atoms with Gasteiger partial charge in [0.2, 0.25) is 5.91 Å². The molecule has 0 heterocycles. The van der Waals surface area contributed by atoms with Gasteiger partial charge in [0.05, 0.1) is 5.69 Å². The quantitative estimate of drug-likeness (QED) is 0.648. The lowest BCUT2D eigenvalue weighted by Gasteiger charge is -2.21. The number of fused-ring (bicyclic) bond motifs is 1. The van der Waals surface area contributed by atoms with Crippen molar-refractivity contribution >= 4 is 34.1 Å². The second-order valence-corrected chi connectivity index (χ2v) is 6.02. The maximum absolute atomic E-state index is 13.2. The predicted molar refractivity (Wildman–Crippen MR) is 103 cm³/mol. The molecule has 0 bridgehead atoms. The highest BCUT2D eigenvalue weighted by atomic mass is 16.2. The molecule has 3 aromatic rings. The first-order chi connectivity index (χ1) is 12.5. The number of imide groups is 1. The van der Waals surface area contributed by atoms with E-state index in [1.807, 2.05) is 36.4 Å². The molecular formula is C22H19NO3. The van der Waals surface area contributed by atoms with Crippen molar-refractivity contribution in [3.05, 3.63) is 77.9 Å². The van der Waals surface area contributed by atoms with Crippen LogP contribution < -0.4 is 4.90 Å². The standard InChI is InChI=1S/C22H19NO3/c1-3-21(25)23(18-13-11-16(12-14-18)15(2)24)22(26)20-10-6-8-17-7-4-5-9-19(17)20/h4-14H,3H2,1-2H3. The molecule has 3 aromatic carbocycles. The van der Waals surface area contributed by atoms with Gasteiger partial charge in [-0.1, -0.05) is 43.3 Å². The Morgan fingerprint density at radius 3 is 2.15 bits per heavy atom. The van der Waals surface area contributed by atoms with Crippen molar-refractivity contribution in [3.63, 3.8) is 0 Å². The Bertz CT molecular complexity index is 984.